The summed E-state index contributed by atoms with van der Waals surface area (Å²) in [5.74, 6) is -1.72. The lowest BCUT2D eigenvalue weighted by molar-refractivity contribution is -0.131. The van der Waals surface area contributed by atoms with Crippen LogP contribution in [0.15, 0.2) is 60.7 Å². The fraction of sp³-hybridized carbons (Fsp3) is 0.433. The van der Waals surface area contributed by atoms with E-state index in [-0.39, 0.29) is 51.1 Å². The van der Waals surface area contributed by atoms with Gasteiger partial charge in [0.1, 0.15) is 19.2 Å². The van der Waals surface area contributed by atoms with Crippen molar-refractivity contribution < 1.29 is 28.7 Å². The number of hydrogen-bond donors (Lipinski definition) is 5. The number of nitrogens with zero attached hydrogens (tertiary/aromatic N) is 1. The first-order valence-corrected chi connectivity index (χ1v) is 13.9. The number of nitrogens with two attached hydrogens (primary N) is 1. The minimum atomic E-state index is -0.845. The molecule has 2 atom stereocenters. The highest BCUT2D eigenvalue weighted by molar-refractivity contribution is 5.92. The molecule has 0 saturated heterocycles. The Bertz CT molecular complexity index is 1170. The van der Waals surface area contributed by atoms with Crippen LogP contribution in [0.5, 0.6) is 0 Å². The largest absolute Gasteiger partial charge is 0.445 e. The number of halogens is 1. The van der Waals surface area contributed by atoms with Crippen molar-refractivity contribution in [2.24, 2.45) is 11.7 Å². The maximum absolute atomic E-state index is 12.8. The molecule has 6 N–H and O–H groups in total. The minimum Gasteiger partial charge on any atom is -0.445 e. The molecule has 2 aromatic rings. The first kappa shape index (κ1) is 36.9. The lowest BCUT2D eigenvalue weighted by Crippen LogP contribution is -2.53. The SMILES string of the molecule is CC(C)C[C@H](NC(=O)[C@@H](N)Cc1ccccc1)C(=O)NCC(=O)NCCNC(=O)CN(C)C(=O)OCc1ccccc1.Cl. The lowest BCUT2D eigenvalue weighted by atomic mass is 10.0. The maximum Gasteiger partial charge on any atom is 0.410 e. The van der Waals surface area contributed by atoms with Gasteiger partial charge in [0.05, 0.1) is 12.6 Å². The molecule has 0 radical (unpaired) electrons. The summed E-state index contributed by atoms with van der Waals surface area (Å²) in [5.41, 5.74) is 7.79. The van der Waals surface area contributed by atoms with Gasteiger partial charge in [-0.1, -0.05) is 74.5 Å². The van der Waals surface area contributed by atoms with Crippen molar-refractivity contribution in [3.05, 3.63) is 71.8 Å². The molecule has 0 aliphatic carbocycles. The van der Waals surface area contributed by atoms with Crippen LogP contribution < -0.4 is 27.0 Å². The number of likely N-dealkylation sites (N-methyl/N-ethyl adjacent to an activating group) is 1. The molecule has 13 heteroatoms. The second-order valence-electron chi connectivity index (χ2n) is 10.3. The van der Waals surface area contributed by atoms with Gasteiger partial charge in [0, 0.05) is 20.1 Å². The van der Waals surface area contributed by atoms with Crippen molar-refractivity contribution in [3.8, 4) is 0 Å². The Kier molecular flexibility index (Phi) is 17.0. The predicted octanol–water partition coefficient (Wildman–Crippen LogP) is 1.13. The van der Waals surface area contributed by atoms with E-state index in [1.807, 2.05) is 74.5 Å². The van der Waals surface area contributed by atoms with Gasteiger partial charge in [-0.25, -0.2) is 4.79 Å². The average Bonchev–Trinajstić information content (AvgIpc) is 2.97. The molecule has 0 aliphatic rings. The van der Waals surface area contributed by atoms with E-state index >= 15 is 0 Å². The van der Waals surface area contributed by atoms with E-state index in [0.29, 0.717) is 12.8 Å². The first-order valence-electron chi connectivity index (χ1n) is 13.9. The molecule has 236 valence electrons. The van der Waals surface area contributed by atoms with Crippen molar-refractivity contribution in [1.82, 2.24) is 26.2 Å². The van der Waals surface area contributed by atoms with Crippen molar-refractivity contribution in [2.75, 3.05) is 33.2 Å². The Morgan fingerprint density at radius 1 is 0.814 bits per heavy atom. The molecule has 0 bridgehead atoms. The average molecular weight is 619 g/mol. The van der Waals surface area contributed by atoms with Crippen molar-refractivity contribution in [1.29, 1.82) is 0 Å². The van der Waals surface area contributed by atoms with E-state index in [2.05, 4.69) is 21.3 Å². The van der Waals surface area contributed by atoms with Gasteiger partial charge in [-0.15, -0.1) is 12.4 Å². The van der Waals surface area contributed by atoms with Gasteiger partial charge in [0.15, 0.2) is 0 Å². The third kappa shape index (κ3) is 15.0. The molecule has 0 spiro atoms. The second kappa shape index (κ2) is 19.9. The summed E-state index contributed by atoms with van der Waals surface area (Å²) in [5, 5.41) is 10.4. The number of nitrogens with one attached hydrogen (secondary N) is 4. The number of hydrogen-bond acceptors (Lipinski definition) is 7. The Morgan fingerprint density at radius 2 is 1.37 bits per heavy atom. The smallest absolute Gasteiger partial charge is 0.410 e. The lowest BCUT2D eigenvalue weighted by Gasteiger charge is -2.22. The van der Waals surface area contributed by atoms with Crippen LogP contribution in [0.4, 0.5) is 4.79 Å². The van der Waals surface area contributed by atoms with Crippen LogP contribution in [0, 0.1) is 5.92 Å². The summed E-state index contributed by atoms with van der Waals surface area (Å²) in [6.07, 6.45) is 0.0662. The summed E-state index contributed by atoms with van der Waals surface area (Å²) in [6, 6.07) is 16.8. The second-order valence-corrected chi connectivity index (χ2v) is 10.3. The van der Waals surface area contributed by atoms with Gasteiger partial charge < -0.3 is 36.6 Å². The van der Waals surface area contributed by atoms with Gasteiger partial charge in [-0.05, 0) is 29.9 Å². The van der Waals surface area contributed by atoms with E-state index in [4.69, 9.17) is 10.5 Å². The molecule has 0 heterocycles. The summed E-state index contributed by atoms with van der Waals surface area (Å²) in [7, 11) is 1.45. The summed E-state index contributed by atoms with van der Waals surface area (Å²) >= 11 is 0. The topological polar surface area (TPSA) is 172 Å². The van der Waals surface area contributed by atoms with Gasteiger partial charge >= 0.3 is 6.09 Å². The van der Waals surface area contributed by atoms with Gasteiger partial charge in [0.25, 0.3) is 0 Å². The molecule has 43 heavy (non-hydrogen) atoms. The molecular weight excluding hydrogens is 576 g/mol. The van der Waals surface area contributed by atoms with Crippen molar-refractivity contribution >= 4 is 42.1 Å². The number of amides is 5. The zero-order valence-corrected chi connectivity index (χ0v) is 25.7. The third-order valence-electron chi connectivity index (χ3n) is 6.07. The van der Waals surface area contributed by atoms with Gasteiger partial charge in [-0.2, -0.15) is 0 Å². The van der Waals surface area contributed by atoms with Crippen LogP contribution in [0.3, 0.4) is 0 Å². The quantitative estimate of drug-likeness (QED) is 0.175. The highest BCUT2D eigenvalue weighted by atomic mass is 35.5. The summed E-state index contributed by atoms with van der Waals surface area (Å²) in [6.45, 7) is 3.66. The Labute approximate surface area is 258 Å². The fourth-order valence-corrected chi connectivity index (χ4v) is 3.86. The maximum atomic E-state index is 12.8. The Morgan fingerprint density at radius 3 is 1.95 bits per heavy atom. The molecule has 0 aromatic heterocycles. The molecule has 2 aromatic carbocycles. The van der Waals surface area contributed by atoms with Crippen LogP contribution in [-0.2, 0) is 36.9 Å². The number of carbonyl (C=O) groups is 5. The fourth-order valence-electron chi connectivity index (χ4n) is 3.86. The molecule has 0 unspecified atom stereocenters. The number of ether oxygens (including phenoxy) is 1. The molecular formula is C30H43ClN6O6. The van der Waals surface area contributed by atoms with Gasteiger partial charge in [0.2, 0.25) is 23.6 Å². The number of carbonyl (C=O) groups excluding carboxylic acids is 5. The van der Waals surface area contributed by atoms with Gasteiger partial charge in [-0.3, -0.25) is 19.2 Å². The Balaban J connectivity index is 0.00000924. The monoisotopic (exact) mass is 618 g/mol. The highest BCUT2D eigenvalue weighted by Crippen LogP contribution is 2.07. The van der Waals surface area contributed by atoms with E-state index < -0.39 is 41.8 Å². The van der Waals surface area contributed by atoms with E-state index in [1.165, 1.54) is 7.05 Å². The first-order chi connectivity index (χ1) is 20.0. The molecule has 5 amide bonds. The predicted molar refractivity (Wildman–Crippen MR) is 165 cm³/mol. The number of benzene rings is 2. The number of rotatable bonds is 16. The zero-order chi connectivity index (χ0) is 30.9. The Hall–Kier alpha value is -4.16. The van der Waals surface area contributed by atoms with E-state index in [1.54, 1.807) is 0 Å². The van der Waals surface area contributed by atoms with Crippen LogP contribution in [0.25, 0.3) is 0 Å². The van der Waals surface area contributed by atoms with Crippen molar-refractivity contribution in [3.63, 3.8) is 0 Å². The normalized spacial score (nSPS) is 11.7. The van der Waals surface area contributed by atoms with E-state index in [0.717, 1.165) is 16.0 Å². The van der Waals surface area contributed by atoms with Crippen LogP contribution in [0.2, 0.25) is 0 Å². The molecule has 2 rings (SSSR count). The zero-order valence-electron chi connectivity index (χ0n) is 24.8. The third-order valence-corrected chi connectivity index (χ3v) is 6.07. The van der Waals surface area contributed by atoms with Crippen LogP contribution in [-0.4, -0.2) is 79.9 Å². The molecule has 0 fully saturated rings. The highest BCUT2D eigenvalue weighted by Gasteiger charge is 2.25. The van der Waals surface area contributed by atoms with Crippen LogP contribution >= 0.6 is 12.4 Å². The molecule has 12 nitrogen and oxygen atoms in total. The van der Waals surface area contributed by atoms with Crippen LogP contribution in [0.1, 0.15) is 31.4 Å². The minimum absolute atomic E-state index is 0. The summed E-state index contributed by atoms with van der Waals surface area (Å²) in [4.78, 5) is 63.0. The molecule has 0 saturated carbocycles. The van der Waals surface area contributed by atoms with Crippen molar-refractivity contribution in [2.45, 2.75) is 45.4 Å². The summed E-state index contributed by atoms with van der Waals surface area (Å²) < 4.78 is 5.17. The van der Waals surface area contributed by atoms with E-state index in [9.17, 15) is 24.0 Å². The standard InChI is InChI=1S/C30H42N6O6.ClH/c1-21(2)16-25(35-28(39)24(31)17-22-10-6-4-7-11-22)29(40)34-18-26(37)32-14-15-33-27(38)19-36(3)30(41)42-20-23-12-8-5-9-13-23;/h4-13,21,24-25H,14-20,31H2,1-3H3,(H,32,37)(H,33,38)(H,34,40)(H,35,39);1H/t24-,25-;/m0./s1. The molecule has 0 aliphatic heterocycles.